The number of β-amino-alcohol motifs (C(OH)–C–C–N with tert-alkyl or cyclic N) is 2. The van der Waals surface area contributed by atoms with Gasteiger partial charge in [0.05, 0.1) is 12.2 Å². The van der Waals surface area contributed by atoms with Crippen molar-refractivity contribution in [2.24, 2.45) is 0 Å². The molecule has 1 aliphatic rings. The van der Waals surface area contributed by atoms with Gasteiger partial charge in [-0.3, -0.25) is 14.7 Å². The van der Waals surface area contributed by atoms with Crippen LogP contribution in [0.25, 0.3) is 0 Å². The molecule has 1 heterocycles. The van der Waals surface area contributed by atoms with Crippen LogP contribution in [0.3, 0.4) is 0 Å². The van der Waals surface area contributed by atoms with Crippen LogP contribution in [0.4, 0.5) is 0 Å². The molecule has 0 spiro atoms. The Morgan fingerprint density at radius 3 is 2.50 bits per heavy atom. The van der Waals surface area contributed by atoms with Gasteiger partial charge in [-0.25, -0.2) is 0 Å². The maximum atomic E-state index is 10.4. The number of rotatable bonds is 8. The Kier molecular flexibility index (Phi) is 7.65. The zero-order chi connectivity index (χ0) is 17.5. The number of nitrogens with zero attached hydrogens (tertiary/aromatic N) is 3. The summed E-state index contributed by atoms with van der Waals surface area (Å²) in [6.07, 6.45) is -0.620. The molecule has 3 unspecified atom stereocenters. The number of benzene rings is 1. The van der Waals surface area contributed by atoms with Crippen molar-refractivity contribution in [3.63, 3.8) is 0 Å². The summed E-state index contributed by atoms with van der Waals surface area (Å²) < 4.78 is 0. The quantitative estimate of drug-likeness (QED) is 0.738. The number of piperazine rings is 1. The Morgan fingerprint density at radius 1 is 1.17 bits per heavy atom. The third-order valence-corrected chi connectivity index (χ3v) is 4.63. The highest BCUT2D eigenvalue weighted by Gasteiger charge is 2.25. The van der Waals surface area contributed by atoms with Crippen molar-refractivity contribution in [1.82, 2.24) is 14.7 Å². The highest BCUT2D eigenvalue weighted by Crippen LogP contribution is 2.11. The first-order chi connectivity index (χ1) is 11.4. The van der Waals surface area contributed by atoms with Gasteiger partial charge < -0.3 is 10.2 Å². The van der Waals surface area contributed by atoms with E-state index in [0.717, 1.165) is 32.7 Å². The molecule has 0 saturated carbocycles. The number of hydrogen-bond acceptors (Lipinski definition) is 5. The van der Waals surface area contributed by atoms with E-state index in [1.807, 2.05) is 25.1 Å². The fraction of sp³-hybridized carbons (Fsp3) is 0.684. The molecular formula is C19H33N3O2. The summed E-state index contributed by atoms with van der Waals surface area (Å²) in [5, 5.41) is 20.0. The summed E-state index contributed by atoms with van der Waals surface area (Å²) in [4.78, 5) is 6.84. The fourth-order valence-corrected chi connectivity index (χ4v) is 3.52. The predicted octanol–water partition coefficient (Wildman–Crippen LogP) is 0.866. The van der Waals surface area contributed by atoms with Gasteiger partial charge in [-0.05, 0) is 26.5 Å². The van der Waals surface area contributed by atoms with Gasteiger partial charge in [0.1, 0.15) is 0 Å². The average Bonchev–Trinajstić information content (AvgIpc) is 2.50. The second-order valence-electron chi connectivity index (χ2n) is 7.29. The minimum Gasteiger partial charge on any atom is -0.392 e. The van der Waals surface area contributed by atoms with Crippen LogP contribution in [-0.4, -0.2) is 89.5 Å². The molecule has 0 radical (unpaired) electrons. The minimum atomic E-state index is -0.339. The number of likely N-dealkylation sites (N-methyl/N-ethyl adjacent to an activating group) is 1. The van der Waals surface area contributed by atoms with Crippen LogP contribution < -0.4 is 0 Å². The van der Waals surface area contributed by atoms with Crippen LogP contribution in [0.5, 0.6) is 0 Å². The maximum Gasteiger partial charge on any atom is 0.0793 e. The standard InChI is InChI=1S/C19H33N3O2/c1-16-11-21(9-10-22(16)12-17(2)23)15-19(24)14-20(3)13-18-7-5-4-6-8-18/h4-8,16-17,19,23-24H,9-15H2,1-3H3. The van der Waals surface area contributed by atoms with Crippen LogP contribution >= 0.6 is 0 Å². The van der Waals surface area contributed by atoms with Crippen LogP contribution in [0.15, 0.2) is 30.3 Å². The summed E-state index contributed by atoms with van der Waals surface area (Å²) in [7, 11) is 2.05. The van der Waals surface area contributed by atoms with E-state index in [9.17, 15) is 10.2 Å². The number of aliphatic hydroxyl groups is 2. The topological polar surface area (TPSA) is 50.2 Å². The van der Waals surface area contributed by atoms with E-state index in [1.54, 1.807) is 0 Å². The molecule has 136 valence electrons. The van der Waals surface area contributed by atoms with Crippen LogP contribution in [-0.2, 0) is 6.54 Å². The normalized spacial score (nSPS) is 22.7. The lowest BCUT2D eigenvalue weighted by Crippen LogP contribution is -2.55. The zero-order valence-electron chi connectivity index (χ0n) is 15.3. The van der Waals surface area contributed by atoms with Gasteiger partial charge in [0, 0.05) is 51.9 Å². The van der Waals surface area contributed by atoms with Gasteiger partial charge in [-0.1, -0.05) is 30.3 Å². The first-order valence-corrected chi connectivity index (χ1v) is 8.99. The van der Waals surface area contributed by atoms with E-state index in [1.165, 1.54) is 5.56 Å². The molecule has 3 atom stereocenters. The Labute approximate surface area is 146 Å². The molecular weight excluding hydrogens is 302 g/mol. The second-order valence-corrected chi connectivity index (χ2v) is 7.29. The summed E-state index contributed by atoms with van der Waals surface area (Å²) in [5.41, 5.74) is 1.27. The summed E-state index contributed by atoms with van der Waals surface area (Å²) >= 11 is 0. The largest absolute Gasteiger partial charge is 0.392 e. The fourth-order valence-electron chi connectivity index (χ4n) is 3.52. The first-order valence-electron chi connectivity index (χ1n) is 8.99. The number of aliphatic hydroxyl groups excluding tert-OH is 2. The molecule has 2 N–H and O–H groups in total. The first kappa shape index (κ1) is 19.3. The van der Waals surface area contributed by atoms with Crippen LogP contribution in [0.1, 0.15) is 19.4 Å². The third kappa shape index (κ3) is 6.49. The zero-order valence-corrected chi connectivity index (χ0v) is 15.3. The summed E-state index contributed by atoms with van der Waals surface area (Å²) in [6.45, 7) is 9.88. The highest BCUT2D eigenvalue weighted by molar-refractivity contribution is 5.14. The molecule has 1 aromatic carbocycles. The molecule has 0 bridgehead atoms. The van der Waals surface area contributed by atoms with Gasteiger partial charge in [-0.15, -0.1) is 0 Å². The Morgan fingerprint density at radius 2 is 1.88 bits per heavy atom. The minimum absolute atomic E-state index is 0.281. The van der Waals surface area contributed by atoms with Crippen LogP contribution in [0.2, 0.25) is 0 Å². The lowest BCUT2D eigenvalue weighted by Gasteiger charge is -2.41. The maximum absolute atomic E-state index is 10.4. The predicted molar refractivity (Wildman–Crippen MR) is 97.9 cm³/mol. The van der Waals surface area contributed by atoms with Crippen molar-refractivity contribution >= 4 is 0 Å². The van der Waals surface area contributed by atoms with Crippen molar-refractivity contribution in [1.29, 1.82) is 0 Å². The van der Waals surface area contributed by atoms with E-state index < -0.39 is 0 Å². The number of hydrogen-bond donors (Lipinski definition) is 2. The Bertz CT molecular complexity index is 469. The van der Waals surface area contributed by atoms with Crippen molar-refractivity contribution in [3.8, 4) is 0 Å². The molecule has 2 rings (SSSR count). The van der Waals surface area contributed by atoms with E-state index in [2.05, 4.69) is 40.8 Å². The third-order valence-electron chi connectivity index (χ3n) is 4.63. The summed E-state index contributed by atoms with van der Waals surface area (Å²) in [6, 6.07) is 10.8. The highest BCUT2D eigenvalue weighted by atomic mass is 16.3. The van der Waals surface area contributed by atoms with Crippen molar-refractivity contribution in [2.45, 2.75) is 38.6 Å². The lowest BCUT2D eigenvalue weighted by molar-refractivity contribution is 0.0175. The van der Waals surface area contributed by atoms with Gasteiger partial charge >= 0.3 is 0 Å². The second kappa shape index (κ2) is 9.49. The Hall–Kier alpha value is -0.980. The molecule has 1 aromatic rings. The SMILES string of the molecule is CC(O)CN1CCN(CC(O)CN(C)Cc2ccccc2)CC1C. The van der Waals surface area contributed by atoms with Gasteiger partial charge in [0.25, 0.3) is 0 Å². The molecule has 0 aromatic heterocycles. The molecule has 5 heteroatoms. The van der Waals surface area contributed by atoms with Gasteiger partial charge in [0.15, 0.2) is 0 Å². The molecule has 24 heavy (non-hydrogen) atoms. The Balaban J connectivity index is 1.71. The van der Waals surface area contributed by atoms with E-state index in [4.69, 9.17) is 0 Å². The van der Waals surface area contributed by atoms with Gasteiger partial charge in [0.2, 0.25) is 0 Å². The summed E-state index contributed by atoms with van der Waals surface area (Å²) in [5.74, 6) is 0. The average molecular weight is 335 g/mol. The molecule has 0 aliphatic carbocycles. The lowest BCUT2D eigenvalue weighted by atomic mass is 10.1. The van der Waals surface area contributed by atoms with Crippen LogP contribution in [0, 0.1) is 0 Å². The van der Waals surface area contributed by atoms with E-state index in [0.29, 0.717) is 19.1 Å². The molecule has 1 fully saturated rings. The monoisotopic (exact) mass is 335 g/mol. The molecule has 1 saturated heterocycles. The van der Waals surface area contributed by atoms with E-state index >= 15 is 0 Å². The van der Waals surface area contributed by atoms with Crippen molar-refractivity contribution in [2.75, 3.05) is 46.3 Å². The molecule has 5 nitrogen and oxygen atoms in total. The van der Waals surface area contributed by atoms with Crippen molar-refractivity contribution < 1.29 is 10.2 Å². The van der Waals surface area contributed by atoms with Gasteiger partial charge in [-0.2, -0.15) is 0 Å². The van der Waals surface area contributed by atoms with Crippen molar-refractivity contribution in [3.05, 3.63) is 35.9 Å². The smallest absolute Gasteiger partial charge is 0.0793 e. The molecule has 0 amide bonds. The molecule has 1 aliphatic heterocycles. The van der Waals surface area contributed by atoms with E-state index in [-0.39, 0.29) is 12.2 Å².